The van der Waals surface area contributed by atoms with Crippen LogP contribution in [-0.2, 0) is 17.6 Å². The number of aliphatic hydroxyl groups excluding tert-OH is 1. The van der Waals surface area contributed by atoms with Crippen LogP contribution >= 0.6 is 0 Å². The molecule has 0 aromatic heterocycles. The lowest BCUT2D eigenvalue weighted by molar-refractivity contribution is -0.125. The molecule has 1 aliphatic heterocycles. The molecule has 1 heterocycles. The standard InChI is InChI=1S/C19H26N2O2/c22-16-8-9-21(12-16)18-7-3-6-17(18)20-19(23)15-10-13-4-1-2-5-14(13)11-15/h1-2,4-5,15-18,22H,3,6-12H2,(H,20,23)/t16?,17-,18+/m1/s1. The molecule has 1 unspecified atom stereocenters. The molecule has 3 atom stereocenters. The number of carbonyl (C=O) groups is 1. The maximum atomic E-state index is 12.7. The highest BCUT2D eigenvalue weighted by atomic mass is 16.3. The zero-order valence-electron chi connectivity index (χ0n) is 13.6. The number of hydrogen-bond donors (Lipinski definition) is 2. The third kappa shape index (κ3) is 3.02. The molecule has 3 aliphatic rings. The van der Waals surface area contributed by atoms with Gasteiger partial charge in [0.05, 0.1) is 6.10 Å². The van der Waals surface area contributed by atoms with Crippen molar-refractivity contribution < 1.29 is 9.90 Å². The van der Waals surface area contributed by atoms with Gasteiger partial charge >= 0.3 is 0 Å². The molecule has 0 radical (unpaired) electrons. The second-order valence-corrected chi connectivity index (χ2v) is 7.42. The van der Waals surface area contributed by atoms with Gasteiger partial charge in [-0.25, -0.2) is 0 Å². The van der Waals surface area contributed by atoms with Crippen molar-refractivity contribution in [1.29, 1.82) is 0 Å². The van der Waals surface area contributed by atoms with E-state index in [9.17, 15) is 9.90 Å². The monoisotopic (exact) mass is 314 g/mol. The SMILES string of the molecule is O=C(N[C@@H]1CCC[C@@H]1N1CCC(O)C1)C1Cc2ccccc2C1. The number of aliphatic hydroxyl groups is 1. The lowest BCUT2D eigenvalue weighted by Crippen LogP contribution is -2.49. The van der Waals surface area contributed by atoms with Crippen LogP contribution < -0.4 is 5.32 Å². The van der Waals surface area contributed by atoms with Crippen molar-refractivity contribution in [1.82, 2.24) is 10.2 Å². The van der Waals surface area contributed by atoms with E-state index in [2.05, 4.69) is 34.5 Å². The van der Waals surface area contributed by atoms with Crippen LogP contribution in [-0.4, -0.2) is 47.2 Å². The van der Waals surface area contributed by atoms with Crippen molar-refractivity contribution in [2.24, 2.45) is 5.92 Å². The van der Waals surface area contributed by atoms with Crippen molar-refractivity contribution in [3.63, 3.8) is 0 Å². The Bertz CT molecular complexity index is 563. The van der Waals surface area contributed by atoms with Crippen LogP contribution in [0.25, 0.3) is 0 Å². The zero-order valence-corrected chi connectivity index (χ0v) is 13.6. The number of carbonyl (C=O) groups excluding carboxylic acids is 1. The van der Waals surface area contributed by atoms with E-state index in [1.54, 1.807) is 0 Å². The maximum absolute atomic E-state index is 12.7. The topological polar surface area (TPSA) is 52.6 Å². The molecule has 2 aliphatic carbocycles. The van der Waals surface area contributed by atoms with Gasteiger partial charge in [-0.1, -0.05) is 24.3 Å². The molecule has 1 aromatic carbocycles. The molecule has 2 fully saturated rings. The first-order chi connectivity index (χ1) is 11.2. The van der Waals surface area contributed by atoms with Crippen molar-refractivity contribution in [3.8, 4) is 0 Å². The average molecular weight is 314 g/mol. The number of amides is 1. The van der Waals surface area contributed by atoms with Gasteiger partial charge in [-0.2, -0.15) is 0 Å². The number of rotatable bonds is 3. The Hall–Kier alpha value is -1.39. The minimum atomic E-state index is -0.184. The van der Waals surface area contributed by atoms with Crippen molar-refractivity contribution >= 4 is 5.91 Å². The van der Waals surface area contributed by atoms with Crippen LogP contribution in [0.2, 0.25) is 0 Å². The third-order valence-electron chi connectivity index (χ3n) is 5.89. The minimum absolute atomic E-state index is 0.0952. The van der Waals surface area contributed by atoms with Crippen LogP contribution in [0, 0.1) is 5.92 Å². The summed E-state index contributed by atoms with van der Waals surface area (Å²) in [5, 5.41) is 13.1. The first-order valence-electron chi connectivity index (χ1n) is 9.00. The van der Waals surface area contributed by atoms with Gasteiger partial charge in [0, 0.05) is 31.1 Å². The van der Waals surface area contributed by atoms with E-state index in [1.165, 1.54) is 17.5 Å². The molecule has 1 amide bonds. The van der Waals surface area contributed by atoms with E-state index in [4.69, 9.17) is 0 Å². The van der Waals surface area contributed by atoms with E-state index in [-0.39, 0.29) is 24.0 Å². The molecule has 23 heavy (non-hydrogen) atoms. The predicted octanol–water partition coefficient (Wildman–Crippen LogP) is 1.51. The fraction of sp³-hybridized carbons (Fsp3) is 0.632. The molecule has 1 saturated carbocycles. The largest absolute Gasteiger partial charge is 0.392 e. The number of benzene rings is 1. The second kappa shape index (κ2) is 6.25. The summed E-state index contributed by atoms with van der Waals surface area (Å²) in [6, 6.07) is 9.09. The van der Waals surface area contributed by atoms with Gasteiger partial charge in [-0.15, -0.1) is 0 Å². The fourth-order valence-electron chi connectivity index (χ4n) is 4.66. The quantitative estimate of drug-likeness (QED) is 0.889. The van der Waals surface area contributed by atoms with Gasteiger partial charge in [-0.05, 0) is 49.7 Å². The number of likely N-dealkylation sites (tertiary alicyclic amines) is 1. The molecule has 4 nitrogen and oxygen atoms in total. The Balaban J connectivity index is 1.37. The van der Waals surface area contributed by atoms with Crippen LogP contribution in [0.15, 0.2) is 24.3 Å². The van der Waals surface area contributed by atoms with Gasteiger partial charge in [0.25, 0.3) is 0 Å². The highest BCUT2D eigenvalue weighted by molar-refractivity contribution is 5.80. The van der Waals surface area contributed by atoms with Gasteiger partial charge in [0.15, 0.2) is 0 Å². The van der Waals surface area contributed by atoms with Crippen molar-refractivity contribution in [2.75, 3.05) is 13.1 Å². The van der Waals surface area contributed by atoms with Crippen molar-refractivity contribution in [3.05, 3.63) is 35.4 Å². The molecule has 4 rings (SSSR count). The van der Waals surface area contributed by atoms with Gasteiger partial charge in [0.1, 0.15) is 0 Å². The number of nitrogens with zero attached hydrogens (tertiary/aromatic N) is 1. The minimum Gasteiger partial charge on any atom is -0.392 e. The summed E-state index contributed by atoms with van der Waals surface area (Å²) in [6.45, 7) is 1.74. The lowest BCUT2D eigenvalue weighted by Gasteiger charge is -2.30. The molecule has 0 spiro atoms. The van der Waals surface area contributed by atoms with E-state index >= 15 is 0 Å². The average Bonchev–Trinajstić information content (AvgIpc) is 3.25. The Morgan fingerprint density at radius 1 is 1.13 bits per heavy atom. The first kappa shape index (κ1) is 15.2. The molecule has 1 saturated heterocycles. The zero-order chi connectivity index (χ0) is 15.8. The Labute approximate surface area is 137 Å². The second-order valence-electron chi connectivity index (χ2n) is 7.42. The predicted molar refractivity (Wildman–Crippen MR) is 89.1 cm³/mol. The summed E-state index contributed by atoms with van der Waals surface area (Å²) in [7, 11) is 0. The highest BCUT2D eigenvalue weighted by Crippen LogP contribution is 2.30. The first-order valence-corrected chi connectivity index (χ1v) is 9.00. The molecule has 2 N–H and O–H groups in total. The Morgan fingerprint density at radius 2 is 1.87 bits per heavy atom. The van der Waals surface area contributed by atoms with Gasteiger partial charge in [-0.3, -0.25) is 9.69 Å². The van der Waals surface area contributed by atoms with Crippen LogP contribution in [0.5, 0.6) is 0 Å². The van der Waals surface area contributed by atoms with Crippen molar-refractivity contribution in [2.45, 2.75) is 56.7 Å². The summed E-state index contributed by atoms with van der Waals surface area (Å²) in [5.41, 5.74) is 2.66. The van der Waals surface area contributed by atoms with Crippen LogP contribution in [0.3, 0.4) is 0 Å². The Morgan fingerprint density at radius 3 is 2.52 bits per heavy atom. The molecular weight excluding hydrogens is 288 g/mol. The van der Waals surface area contributed by atoms with Gasteiger partial charge in [0.2, 0.25) is 5.91 Å². The number of nitrogens with one attached hydrogen (secondary N) is 1. The van der Waals surface area contributed by atoms with E-state index in [1.807, 2.05) is 0 Å². The summed E-state index contributed by atoms with van der Waals surface area (Å²) < 4.78 is 0. The molecule has 124 valence electrons. The third-order valence-corrected chi connectivity index (χ3v) is 5.89. The summed E-state index contributed by atoms with van der Waals surface area (Å²) >= 11 is 0. The van der Waals surface area contributed by atoms with E-state index < -0.39 is 0 Å². The van der Waals surface area contributed by atoms with Crippen LogP contribution in [0.4, 0.5) is 0 Å². The summed E-state index contributed by atoms with van der Waals surface area (Å²) in [6.07, 6.45) is 5.83. The lowest BCUT2D eigenvalue weighted by atomic mass is 10.0. The van der Waals surface area contributed by atoms with Crippen LogP contribution in [0.1, 0.15) is 36.8 Å². The highest BCUT2D eigenvalue weighted by Gasteiger charge is 2.37. The molecule has 4 heteroatoms. The maximum Gasteiger partial charge on any atom is 0.224 e. The summed E-state index contributed by atoms with van der Waals surface area (Å²) in [5.74, 6) is 0.315. The van der Waals surface area contributed by atoms with E-state index in [0.29, 0.717) is 6.04 Å². The molecular formula is C19H26N2O2. The molecule has 0 bridgehead atoms. The van der Waals surface area contributed by atoms with E-state index in [0.717, 1.165) is 45.2 Å². The normalized spacial score (nSPS) is 31.4. The fourth-order valence-corrected chi connectivity index (χ4v) is 4.66. The Kier molecular flexibility index (Phi) is 4.12. The van der Waals surface area contributed by atoms with Gasteiger partial charge < -0.3 is 10.4 Å². The number of fused-ring (bicyclic) bond motifs is 1. The summed E-state index contributed by atoms with van der Waals surface area (Å²) in [4.78, 5) is 15.1. The number of hydrogen-bond acceptors (Lipinski definition) is 3. The molecule has 1 aromatic rings. The number of β-amino-alcohol motifs (C(OH)–C–C–N with tert-alkyl or cyclic N) is 1. The smallest absolute Gasteiger partial charge is 0.224 e.